The van der Waals surface area contributed by atoms with Gasteiger partial charge in [0.25, 0.3) is 11.8 Å². The highest BCUT2D eigenvalue weighted by molar-refractivity contribution is 7.52. The Morgan fingerprint density at radius 1 is 0.878 bits per heavy atom. The lowest BCUT2D eigenvalue weighted by molar-refractivity contribution is -0.139. The summed E-state index contributed by atoms with van der Waals surface area (Å²) in [4.78, 5) is 145. The normalized spacial score (nSPS) is 19.7. The van der Waals surface area contributed by atoms with Crippen LogP contribution in [0.4, 0.5) is 19.3 Å². The zero-order chi connectivity index (χ0) is 58.2. The minimum absolute atomic E-state index is 0.00848. The maximum Gasteiger partial charge on any atom is 0.399 e. The van der Waals surface area contributed by atoms with Crippen molar-refractivity contribution in [1.29, 1.82) is 0 Å². The SMILES string of the molecule is NC(=O)NC[C@H](NC(=O)[C@@H]1Cc2cccc3c2N1C(=O)[C@@H](NC(=O)c1cc2cc(C(F)(F)P(=O)(O)O)ccc2s1)CC3)C(=O)N[C@H](C(=O)N1CCC(CCC#Cc2cccc3c2CN(C2CCC(=O)NC2=O)C3=O)CC1)c1ccccc1. The zero-order valence-corrected chi connectivity index (χ0v) is 45.5. The highest BCUT2D eigenvalue weighted by Gasteiger charge is 2.51. The largest absolute Gasteiger partial charge is 0.399 e. The molecule has 25 heteroatoms. The fraction of sp³-hybridized carbons (Fsp3) is 0.351. The molecular formula is C57H56F2N9O12PS. The van der Waals surface area contributed by atoms with Crippen LogP contribution in [0.3, 0.4) is 0 Å². The second kappa shape index (κ2) is 23.2. The summed E-state index contributed by atoms with van der Waals surface area (Å²) in [5.74, 6) is 2.09. The van der Waals surface area contributed by atoms with Crippen LogP contribution in [0.15, 0.2) is 91.0 Å². The van der Waals surface area contributed by atoms with Crippen LogP contribution >= 0.6 is 18.9 Å². The number of imide groups is 1. The summed E-state index contributed by atoms with van der Waals surface area (Å²) in [5.41, 5.74) is 4.18. The van der Waals surface area contributed by atoms with Crippen LogP contribution in [-0.2, 0) is 58.4 Å². The van der Waals surface area contributed by atoms with Gasteiger partial charge in [-0.05, 0) is 102 Å². The van der Waals surface area contributed by atoms with Gasteiger partial charge in [-0.3, -0.25) is 53.1 Å². The van der Waals surface area contributed by atoms with E-state index in [-0.39, 0.29) is 60.2 Å². The number of anilines is 1. The molecule has 0 saturated carbocycles. The van der Waals surface area contributed by atoms with Crippen molar-refractivity contribution in [2.45, 2.75) is 100 Å². The number of thiophene rings is 1. The molecule has 82 heavy (non-hydrogen) atoms. The Hall–Kier alpha value is -8.36. The van der Waals surface area contributed by atoms with Gasteiger partial charge in [0.2, 0.25) is 35.4 Å². The van der Waals surface area contributed by atoms with Gasteiger partial charge in [0, 0.05) is 66.8 Å². The summed E-state index contributed by atoms with van der Waals surface area (Å²) < 4.78 is 41.1. The number of nitrogens with one attached hydrogen (secondary N) is 5. The number of alkyl halides is 2. The Kier molecular flexibility index (Phi) is 16.1. The molecule has 1 unspecified atom stereocenters. The van der Waals surface area contributed by atoms with E-state index in [0.29, 0.717) is 77.0 Å². The number of rotatable bonds is 15. The summed E-state index contributed by atoms with van der Waals surface area (Å²) in [6.07, 6.45) is 3.37. The standard InChI is InChI=1S/C57H56F2N9O12PS/c58-57(59,81(78,79)80)37-17-20-44-36(26-37)28-45(82-44)52(73)62-40-18-16-34-13-6-14-35-27-43(68(48(34)35)54(40)75)51(72)63-41(29-61-56(60)77)49(70)65-47(33-10-2-1-3-11-33)55(76)66-24-22-31(23-25-66)8-4-5-9-32-12-7-15-38-39(32)30-67(53(38)74)42-19-21-46(69)64-50(42)71/h1-3,6-7,10-15,17,20,26,28,31,40-43,47H,4,8,16,18-19,21-25,27,29-30H2,(H,62,73)(H,63,72)(H,65,70)(H3,60,61,77)(H,64,69,71)(H2,78,79,80)/t40-,41-,42?,43-,47-/m0/s1. The number of aryl methyl sites for hydroxylation is 1. The fourth-order valence-corrected chi connectivity index (χ4v) is 12.8. The number of halogens is 2. The maximum atomic E-state index is 14.6. The number of amides is 10. The lowest BCUT2D eigenvalue weighted by Crippen LogP contribution is -2.60. The van der Waals surface area contributed by atoms with Gasteiger partial charge in [0.05, 0.1) is 10.6 Å². The number of para-hydroxylation sites is 1. The Morgan fingerprint density at radius 2 is 1.62 bits per heavy atom. The van der Waals surface area contributed by atoms with Gasteiger partial charge in [-0.2, -0.15) is 8.78 Å². The second-order valence-electron chi connectivity index (χ2n) is 20.9. The molecule has 5 aliphatic heterocycles. The minimum atomic E-state index is -5.88. The number of urea groups is 1. The van der Waals surface area contributed by atoms with Gasteiger partial charge in [-0.25, -0.2) is 4.79 Å². The topological polar surface area (TPSA) is 307 Å². The first kappa shape index (κ1) is 56.9. The second-order valence-corrected chi connectivity index (χ2v) is 23.6. The smallest absolute Gasteiger partial charge is 0.352 e. The maximum absolute atomic E-state index is 14.6. The number of carbonyl (C=O) groups excluding carboxylic acids is 9. The molecule has 5 aliphatic rings. The van der Waals surface area contributed by atoms with Gasteiger partial charge in [0.1, 0.15) is 30.2 Å². The van der Waals surface area contributed by atoms with Crippen molar-refractivity contribution in [1.82, 2.24) is 36.4 Å². The van der Waals surface area contributed by atoms with Crippen LogP contribution in [0.5, 0.6) is 0 Å². The number of fused-ring (bicyclic) bond motifs is 2. The molecule has 10 rings (SSSR count). The molecule has 0 spiro atoms. The van der Waals surface area contributed by atoms with E-state index >= 15 is 0 Å². The van der Waals surface area contributed by atoms with E-state index in [0.717, 1.165) is 35.5 Å². The molecule has 1 aromatic heterocycles. The first-order chi connectivity index (χ1) is 39.2. The number of nitrogens with zero attached hydrogens (tertiary/aromatic N) is 3. The van der Waals surface area contributed by atoms with E-state index in [1.807, 2.05) is 6.07 Å². The van der Waals surface area contributed by atoms with Crippen LogP contribution in [0.2, 0.25) is 0 Å². The molecule has 21 nitrogen and oxygen atoms in total. The molecule has 2 fully saturated rings. The third kappa shape index (κ3) is 11.6. The summed E-state index contributed by atoms with van der Waals surface area (Å²) in [7, 11) is -5.88. The van der Waals surface area contributed by atoms with Gasteiger partial charge < -0.3 is 46.6 Å². The van der Waals surface area contributed by atoms with E-state index < -0.39 is 97.1 Å². The number of hydrogen-bond acceptors (Lipinski definition) is 11. The number of nitrogens with two attached hydrogens (primary N) is 1. The summed E-state index contributed by atoms with van der Waals surface area (Å²) in [5, 5.41) is 13.0. The molecule has 0 radical (unpaired) electrons. The third-order valence-corrected chi connectivity index (χ3v) is 17.8. The third-order valence-electron chi connectivity index (χ3n) is 15.7. The summed E-state index contributed by atoms with van der Waals surface area (Å²) >= 11 is 0.908. The Balaban J connectivity index is 0.788. The fourth-order valence-electron chi connectivity index (χ4n) is 11.3. The number of primary amides is 1. The minimum Gasteiger partial charge on any atom is -0.352 e. The molecule has 2 saturated heterocycles. The van der Waals surface area contributed by atoms with Gasteiger partial charge in [-0.1, -0.05) is 72.5 Å². The van der Waals surface area contributed by atoms with Crippen molar-refractivity contribution in [2.24, 2.45) is 11.7 Å². The number of hydrogen-bond donors (Lipinski definition) is 8. The van der Waals surface area contributed by atoms with E-state index in [2.05, 4.69) is 38.4 Å². The van der Waals surface area contributed by atoms with Crippen molar-refractivity contribution < 1.29 is 66.3 Å². The summed E-state index contributed by atoms with van der Waals surface area (Å²) in [6.45, 7) is 0.439. The van der Waals surface area contributed by atoms with Crippen molar-refractivity contribution in [3.8, 4) is 11.8 Å². The average Bonchev–Trinajstić information content (AvgIpc) is 4.07. The molecule has 0 bridgehead atoms. The quantitative estimate of drug-likeness (QED) is 0.0420. The molecule has 5 atom stereocenters. The first-order valence-corrected chi connectivity index (χ1v) is 29.0. The van der Waals surface area contributed by atoms with Crippen molar-refractivity contribution in [3.63, 3.8) is 0 Å². The molecule has 6 heterocycles. The average molecular weight is 1160 g/mol. The summed E-state index contributed by atoms with van der Waals surface area (Å²) in [6, 6.07) is 16.4. The van der Waals surface area contributed by atoms with Crippen LogP contribution < -0.4 is 37.2 Å². The van der Waals surface area contributed by atoms with Gasteiger partial charge >= 0.3 is 19.3 Å². The van der Waals surface area contributed by atoms with Gasteiger partial charge in [-0.15, -0.1) is 11.3 Å². The molecule has 10 amide bonds. The predicted octanol–water partition coefficient (Wildman–Crippen LogP) is 3.97. The first-order valence-electron chi connectivity index (χ1n) is 26.6. The Labute approximate surface area is 471 Å². The monoisotopic (exact) mass is 1160 g/mol. The van der Waals surface area contributed by atoms with E-state index in [9.17, 15) is 66.3 Å². The number of piperidine rings is 2. The highest BCUT2D eigenvalue weighted by Crippen LogP contribution is 2.59. The number of carbonyl (C=O) groups is 9. The van der Waals surface area contributed by atoms with Crippen molar-refractivity contribution in [3.05, 3.63) is 135 Å². The van der Waals surface area contributed by atoms with Crippen LogP contribution in [-0.4, -0.2) is 117 Å². The highest BCUT2D eigenvalue weighted by atomic mass is 32.1. The van der Waals surface area contributed by atoms with Crippen molar-refractivity contribution >= 4 is 88.0 Å². The lowest BCUT2D eigenvalue weighted by Gasteiger charge is -2.35. The van der Waals surface area contributed by atoms with E-state index in [1.54, 1.807) is 65.6 Å². The molecule has 426 valence electrons. The van der Waals surface area contributed by atoms with Crippen LogP contribution in [0, 0.1) is 17.8 Å². The lowest BCUT2D eigenvalue weighted by atomic mass is 9.91. The van der Waals surface area contributed by atoms with E-state index in [1.165, 1.54) is 21.9 Å². The van der Waals surface area contributed by atoms with Crippen LogP contribution in [0.1, 0.15) is 104 Å². The number of benzene rings is 4. The Bertz CT molecular complexity index is 3580. The zero-order valence-electron chi connectivity index (χ0n) is 43.8. The molecule has 9 N–H and O–H groups in total. The van der Waals surface area contributed by atoms with Crippen molar-refractivity contribution in [2.75, 3.05) is 24.5 Å². The number of likely N-dealkylation sites (tertiary alicyclic amines) is 1. The molecule has 4 aromatic carbocycles. The van der Waals surface area contributed by atoms with E-state index in [4.69, 9.17) is 5.73 Å². The molecular weight excluding hydrogens is 1100 g/mol. The van der Waals surface area contributed by atoms with Gasteiger partial charge in [0.15, 0.2) is 0 Å². The predicted molar refractivity (Wildman–Crippen MR) is 294 cm³/mol. The molecule has 0 aliphatic carbocycles. The van der Waals surface area contributed by atoms with Crippen LogP contribution in [0.25, 0.3) is 10.1 Å². The Morgan fingerprint density at radius 3 is 2.35 bits per heavy atom. The molecule has 5 aromatic rings.